The van der Waals surface area contributed by atoms with Gasteiger partial charge in [-0.05, 0) is 23.8 Å². The lowest BCUT2D eigenvalue weighted by Gasteiger charge is -2.36. The van der Waals surface area contributed by atoms with Crippen molar-refractivity contribution in [2.45, 2.75) is 6.54 Å². The molecule has 1 aliphatic rings. The quantitative estimate of drug-likeness (QED) is 0.880. The Morgan fingerprint density at radius 1 is 0.905 bits per heavy atom. The van der Waals surface area contributed by atoms with Crippen LogP contribution in [0.5, 0.6) is 0 Å². The molecule has 4 heteroatoms. The summed E-state index contributed by atoms with van der Waals surface area (Å²) in [6.07, 6.45) is 0. The Bertz CT molecular complexity index is 592. The molecule has 2 aromatic rings. The van der Waals surface area contributed by atoms with Gasteiger partial charge in [0.05, 0.1) is 5.69 Å². The fraction of sp³-hybridized carbons (Fsp3) is 0.294. The SMILES string of the molecule is Nc1c(F)cccc1CN1CCN(c2ccccc2)CC1. The van der Waals surface area contributed by atoms with Gasteiger partial charge in [-0.2, -0.15) is 0 Å². The van der Waals surface area contributed by atoms with Gasteiger partial charge in [0.25, 0.3) is 0 Å². The molecule has 3 rings (SSSR count). The Morgan fingerprint density at radius 2 is 1.62 bits per heavy atom. The third-order valence-electron chi connectivity index (χ3n) is 4.03. The fourth-order valence-electron chi connectivity index (χ4n) is 2.76. The maximum Gasteiger partial charge on any atom is 0.146 e. The molecule has 0 aromatic heterocycles. The summed E-state index contributed by atoms with van der Waals surface area (Å²) in [5.74, 6) is -0.324. The monoisotopic (exact) mass is 285 g/mol. The topological polar surface area (TPSA) is 32.5 Å². The van der Waals surface area contributed by atoms with Gasteiger partial charge in [-0.25, -0.2) is 4.39 Å². The van der Waals surface area contributed by atoms with Crippen molar-refractivity contribution in [1.82, 2.24) is 4.90 Å². The number of para-hydroxylation sites is 2. The molecule has 0 unspecified atom stereocenters. The summed E-state index contributed by atoms with van der Waals surface area (Å²) in [6, 6.07) is 15.5. The van der Waals surface area contributed by atoms with E-state index in [-0.39, 0.29) is 11.5 Å². The first-order chi connectivity index (χ1) is 10.2. The maximum atomic E-state index is 13.5. The lowest BCUT2D eigenvalue weighted by molar-refractivity contribution is 0.250. The Morgan fingerprint density at radius 3 is 2.33 bits per heavy atom. The molecule has 0 aliphatic carbocycles. The summed E-state index contributed by atoms with van der Waals surface area (Å²) in [5, 5.41) is 0. The van der Waals surface area contributed by atoms with Crippen molar-refractivity contribution in [3.63, 3.8) is 0 Å². The minimum atomic E-state index is -0.324. The van der Waals surface area contributed by atoms with Gasteiger partial charge in [0.1, 0.15) is 5.82 Å². The van der Waals surface area contributed by atoms with Crippen molar-refractivity contribution >= 4 is 11.4 Å². The molecule has 0 atom stereocenters. The number of benzene rings is 2. The van der Waals surface area contributed by atoms with E-state index in [1.165, 1.54) is 11.8 Å². The van der Waals surface area contributed by atoms with Crippen LogP contribution in [0.25, 0.3) is 0 Å². The highest BCUT2D eigenvalue weighted by molar-refractivity contribution is 5.48. The van der Waals surface area contributed by atoms with Crippen molar-refractivity contribution in [3.8, 4) is 0 Å². The smallest absolute Gasteiger partial charge is 0.146 e. The second-order valence-corrected chi connectivity index (χ2v) is 5.41. The molecule has 1 fully saturated rings. The van der Waals surface area contributed by atoms with E-state index in [4.69, 9.17) is 5.73 Å². The number of hydrogen-bond donors (Lipinski definition) is 1. The summed E-state index contributed by atoms with van der Waals surface area (Å²) in [5.41, 5.74) is 8.23. The molecular weight excluding hydrogens is 265 g/mol. The van der Waals surface area contributed by atoms with E-state index in [1.807, 2.05) is 12.1 Å². The normalized spacial score (nSPS) is 16.1. The van der Waals surface area contributed by atoms with Crippen LogP contribution in [0, 0.1) is 5.82 Å². The molecule has 0 radical (unpaired) electrons. The fourth-order valence-corrected chi connectivity index (χ4v) is 2.76. The van der Waals surface area contributed by atoms with Crippen molar-refractivity contribution < 1.29 is 4.39 Å². The van der Waals surface area contributed by atoms with Crippen molar-refractivity contribution in [3.05, 3.63) is 59.9 Å². The lowest BCUT2D eigenvalue weighted by atomic mass is 10.1. The van der Waals surface area contributed by atoms with E-state index in [2.05, 4.69) is 34.1 Å². The summed E-state index contributed by atoms with van der Waals surface area (Å²) in [7, 11) is 0. The minimum Gasteiger partial charge on any atom is -0.396 e. The van der Waals surface area contributed by atoms with E-state index in [1.54, 1.807) is 6.07 Å². The van der Waals surface area contributed by atoms with Crippen molar-refractivity contribution in [1.29, 1.82) is 0 Å². The highest BCUT2D eigenvalue weighted by Crippen LogP contribution is 2.20. The second-order valence-electron chi connectivity index (χ2n) is 5.41. The molecule has 1 saturated heterocycles. The molecule has 1 aliphatic heterocycles. The van der Waals surface area contributed by atoms with Crippen LogP contribution in [0.3, 0.4) is 0 Å². The molecule has 0 spiro atoms. The molecule has 0 saturated carbocycles. The van der Waals surface area contributed by atoms with E-state index < -0.39 is 0 Å². The van der Waals surface area contributed by atoms with Crippen LogP contribution in [0.4, 0.5) is 15.8 Å². The van der Waals surface area contributed by atoms with Crippen LogP contribution in [-0.4, -0.2) is 31.1 Å². The number of halogens is 1. The van der Waals surface area contributed by atoms with Crippen molar-refractivity contribution in [2.24, 2.45) is 0 Å². The number of hydrogen-bond acceptors (Lipinski definition) is 3. The number of rotatable bonds is 3. The van der Waals surface area contributed by atoms with Gasteiger partial charge in [-0.3, -0.25) is 4.90 Å². The van der Waals surface area contributed by atoms with E-state index in [9.17, 15) is 4.39 Å². The Hall–Kier alpha value is -2.07. The third-order valence-corrected chi connectivity index (χ3v) is 4.03. The molecular formula is C17H20FN3. The second kappa shape index (κ2) is 6.14. The van der Waals surface area contributed by atoms with Gasteiger partial charge in [0.15, 0.2) is 0 Å². The minimum absolute atomic E-state index is 0.281. The average Bonchev–Trinajstić information content (AvgIpc) is 2.53. The Balaban J connectivity index is 1.60. The molecule has 3 nitrogen and oxygen atoms in total. The van der Waals surface area contributed by atoms with Crippen LogP contribution in [0.2, 0.25) is 0 Å². The summed E-state index contributed by atoms with van der Waals surface area (Å²) >= 11 is 0. The highest BCUT2D eigenvalue weighted by Gasteiger charge is 2.18. The number of nitrogens with zero attached hydrogens (tertiary/aromatic N) is 2. The van der Waals surface area contributed by atoms with E-state index >= 15 is 0 Å². The average molecular weight is 285 g/mol. The van der Waals surface area contributed by atoms with Crippen LogP contribution in [-0.2, 0) is 6.54 Å². The lowest BCUT2D eigenvalue weighted by Crippen LogP contribution is -2.46. The predicted octanol–water partition coefficient (Wildman–Crippen LogP) is 2.73. The highest BCUT2D eigenvalue weighted by atomic mass is 19.1. The molecule has 110 valence electrons. The number of nitrogen functional groups attached to an aromatic ring is 1. The number of anilines is 2. The van der Waals surface area contributed by atoms with Crippen LogP contribution < -0.4 is 10.6 Å². The molecule has 21 heavy (non-hydrogen) atoms. The number of nitrogens with two attached hydrogens (primary N) is 1. The van der Waals surface area contributed by atoms with Crippen LogP contribution >= 0.6 is 0 Å². The molecule has 2 aromatic carbocycles. The summed E-state index contributed by atoms with van der Waals surface area (Å²) in [4.78, 5) is 4.70. The van der Waals surface area contributed by atoms with Crippen molar-refractivity contribution in [2.75, 3.05) is 36.8 Å². The van der Waals surface area contributed by atoms with Gasteiger partial charge >= 0.3 is 0 Å². The van der Waals surface area contributed by atoms with Crippen LogP contribution in [0.15, 0.2) is 48.5 Å². The molecule has 2 N–H and O–H groups in total. The maximum absolute atomic E-state index is 13.5. The summed E-state index contributed by atoms with van der Waals surface area (Å²) < 4.78 is 13.5. The molecule has 1 heterocycles. The van der Waals surface area contributed by atoms with Gasteiger partial charge in [-0.15, -0.1) is 0 Å². The third kappa shape index (κ3) is 3.16. The zero-order valence-corrected chi connectivity index (χ0v) is 12.0. The van der Waals surface area contributed by atoms with Gasteiger partial charge < -0.3 is 10.6 Å². The first kappa shape index (κ1) is 13.9. The molecule has 0 bridgehead atoms. The summed E-state index contributed by atoms with van der Waals surface area (Å²) in [6.45, 7) is 4.61. The number of piperazine rings is 1. The van der Waals surface area contributed by atoms with E-state index in [0.717, 1.165) is 31.7 Å². The van der Waals surface area contributed by atoms with Gasteiger partial charge in [0.2, 0.25) is 0 Å². The van der Waals surface area contributed by atoms with E-state index in [0.29, 0.717) is 6.54 Å². The standard InChI is InChI=1S/C17H20FN3/c18-16-8-4-5-14(17(16)19)13-20-9-11-21(12-10-20)15-6-2-1-3-7-15/h1-8H,9-13,19H2. The first-order valence-electron chi connectivity index (χ1n) is 7.29. The van der Waals surface area contributed by atoms with Gasteiger partial charge in [-0.1, -0.05) is 30.3 Å². The molecule has 0 amide bonds. The Kier molecular flexibility index (Phi) is 4.06. The predicted molar refractivity (Wildman–Crippen MR) is 84.7 cm³/mol. The van der Waals surface area contributed by atoms with Gasteiger partial charge in [0, 0.05) is 38.4 Å². The largest absolute Gasteiger partial charge is 0.396 e. The zero-order valence-electron chi connectivity index (χ0n) is 12.0. The Labute approximate surface area is 124 Å². The van der Waals surface area contributed by atoms with Crippen LogP contribution in [0.1, 0.15) is 5.56 Å². The first-order valence-corrected chi connectivity index (χ1v) is 7.29. The zero-order chi connectivity index (χ0) is 14.7.